The molecule has 0 aliphatic rings. The highest BCUT2D eigenvalue weighted by Gasteiger charge is 2.13. The summed E-state index contributed by atoms with van der Waals surface area (Å²) in [7, 11) is 0. The smallest absolute Gasteiger partial charge is 0.237 e. The first-order valence-electron chi connectivity index (χ1n) is 6.97. The maximum absolute atomic E-state index is 11.9. The Morgan fingerprint density at radius 3 is 2.38 bits per heavy atom. The zero-order chi connectivity index (χ0) is 15.1. The van der Waals surface area contributed by atoms with Crippen LogP contribution in [0.2, 0.25) is 5.02 Å². The van der Waals surface area contributed by atoms with E-state index in [0.29, 0.717) is 18.0 Å². The predicted octanol–water partition coefficient (Wildman–Crippen LogP) is 2.57. The molecule has 2 aromatic carbocycles. The largest absolute Gasteiger partial charge is 0.354 e. The molecule has 0 unspecified atom stereocenters. The molecule has 0 bridgehead atoms. The summed E-state index contributed by atoms with van der Waals surface area (Å²) < 4.78 is 0. The number of rotatable bonds is 6. The van der Waals surface area contributed by atoms with Gasteiger partial charge in [0, 0.05) is 11.6 Å². The van der Waals surface area contributed by atoms with Crippen molar-refractivity contribution in [2.75, 3.05) is 6.54 Å². The Morgan fingerprint density at radius 2 is 1.71 bits per heavy atom. The third-order valence-electron chi connectivity index (χ3n) is 3.26. The standard InChI is InChI=1S/C17H19ClN2O/c18-15-8-6-13(7-9-15)10-11-20-17(21)16(19)12-14-4-2-1-3-5-14/h1-9,16H,10-12,19H2,(H,20,21)/t16-/m0/s1. The van der Waals surface area contributed by atoms with Gasteiger partial charge in [0.05, 0.1) is 6.04 Å². The first-order chi connectivity index (χ1) is 10.1. The monoisotopic (exact) mass is 302 g/mol. The number of carbonyl (C=O) groups excluding carboxylic acids is 1. The van der Waals surface area contributed by atoms with Crippen LogP contribution in [-0.2, 0) is 17.6 Å². The fourth-order valence-corrected chi connectivity index (χ4v) is 2.20. The van der Waals surface area contributed by atoms with E-state index >= 15 is 0 Å². The van der Waals surface area contributed by atoms with Crippen molar-refractivity contribution in [2.45, 2.75) is 18.9 Å². The molecule has 3 N–H and O–H groups in total. The first kappa shape index (κ1) is 15.5. The van der Waals surface area contributed by atoms with Gasteiger partial charge >= 0.3 is 0 Å². The SMILES string of the molecule is N[C@@H](Cc1ccccc1)C(=O)NCCc1ccc(Cl)cc1. The van der Waals surface area contributed by atoms with Gasteiger partial charge < -0.3 is 11.1 Å². The molecule has 0 fully saturated rings. The zero-order valence-electron chi connectivity index (χ0n) is 11.8. The van der Waals surface area contributed by atoms with E-state index in [9.17, 15) is 4.79 Å². The average molecular weight is 303 g/mol. The van der Waals surface area contributed by atoms with Crippen LogP contribution in [0.25, 0.3) is 0 Å². The molecule has 0 aromatic heterocycles. The molecule has 0 heterocycles. The van der Waals surface area contributed by atoms with E-state index in [0.717, 1.165) is 17.5 Å². The normalized spacial score (nSPS) is 11.9. The summed E-state index contributed by atoms with van der Waals surface area (Å²) in [6.07, 6.45) is 1.31. The van der Waals surface area contributed by atoms with Crippen molar-refractivity contribution in [1.29, 1.82) is 0 Å². The summed E-state index contributed by atoms with van der Waals surface area (Å²) in [6, 6.07) is 16.9. The second kappa shape index (κ2) is 7.81. The molecule has 0 spiro atoms. The molecular weight excluding hydrogens is 284 g/mol. The van der Waals surface area contributed by atoms with Crippen LogP contribution in [0.3, 0.4) is 0 Å². The topological polar surface area (TPSA) is 55.1 Å². The molecular formula is C17H19ClN2O. The van der Waals surface area contributed by atoms with Gasteiger partial charge in [0.15, 0.2) is 0 Å². The minimum atomic E-state index is -0.516. The molecule has 0 saturated carbocycles. The van der Waals surface area contributed by atoms with Crippen LogP contribution in [0.5, 0.6) is 0 Å². The highest BCUT2D eigenvalue weighted by Crippen LogP contribution is 2.09. The van der Waals surface area contributed by atoms with Crippen molar-refractivity contribution < 1.29 is 4.79 Å². The van der Waals surface area contributed by atoms with Crippen LogP contribution < -0.4 is 11.1 Å². The van der Waals surface area contributed by atoms with Crippen LogP contribution in [0, 0.1) is 0 Å². The third kappa shape index (κ3) is 5.21. The number of hydrogen-bond acceptors (Lipinski definition) is 2. The molecule has 0 saturated heterocycles. The van der Waals surface area contributed by atoms with Crippen molar-refractivity contribution in [3.05, 3.63) is 70.7 Å². The van der Waals surface area contributed by atoms with E-state index < -0.39 is 6.04 Å². The lowest BCUT2D eigenvalue weighted by atomic mass is 10.1. The van der Waals surface area contributed by atoms with E-state index in [1.165, 1.54) is 0 Å². The van der Waals surface area contributed by atoms with E-state index in [1.54, 1.807) is 0 Å². The van der Waals surface area contributed by atoms with Crippen molar-refractivity contribution in [1.82, 2.24) is 5.32 Å². The van der Waals surface area contributed by atoms with Gasteiger partial charge in [0.1, 0.15) is 0 Å². The molecule has 0 aliphatic carbocycles. The Morgan fingerprint density at radius 1 is 1.05 bits per heavy atom. The molecule has 2 rings (SSSR count). The maximum atomic E-state index is 11.9. The van der Waals surface area contributed by atoms with E-state index in [-0.39, 0.29) is 5.91 Å². The van der Waals surface area contributed by atoms with Crippen molar-refractivity contribution in [3.63, 3.8) is 0 Å². The zero-order valence-corrected chi connectivity index (χ0v) is 12.5. The van der Waals surface area contributed by atoms with Gasteiger partial charge in [-0.1, -0.05) is 54.1 Å². The van der Waals surface area contributed by atoms with Crippen LogP contribution in [-0.4, -0.2) is 18.5 Å². The van der Waals surface area contributed by atoms with Gasteiger partial charge in [-0.05, 0) is 36.1 Å². The highest BCUT2D eigenvalue weighted by atomic mass is 35.5. The lowest BCUT2D eigenvalue weighted by molar-refractivity contribution is -0.122. The number of halogens is 1. The Hall–Kier alpha value is -1.84. The number of hydrogen-bond donors (Lipinski definition) is 2. The van der Waals surface area contributed by atoms with Gasteiger partial charge in [0.2, 0.25) is 5.91 Å². The Labute approximate surface area is 130 Å². The van der Waals surface area contributed by atoms with Crippen LogP contribution in [0.4, 0.5) is 0 Å². The molecule has 110 valence electrons. The summed E-state index contributed by atoms with van der Waals surface area (Å²) in [4.78, 5) is 11.9. The van der Waals surface area contributed by atoms with Crippen LogP contribution in [0.15, 0.2) is 54.6 Å². The molecule has 4 heteroatoms. The van der Waals surface area contributed by atoms with E-state index in [4.69, 9.17) is 17.3 Å². The van der Waals surface area contributed by atoms with E-state index in [1.807, 2.05) is 54.6 Å². The molecule has 0 aliphatic heterocycles. The van der Waals surface area contributed by atoms with Crippen molar-refractivity contribution in [2.24, 2.45) is 5.73 Å². The molecule has 21 heavy (non-hydrogen) atoms. The number of amides is 1. The molecule has 2 aromatic rings. The number of carbonyl (C=O) groups is 1. The van der Waals surface area contributed by atoms with Crippen molar-refractivity contribution in [3.8, 4) is 0 Å². The van der Waals surface area contributed by atoms with Gasteiger partial charge in [-0.15, -0.1) is 0 Å². The number of nitrogens with two attached hydrogens (primary N) is 1. The number of nitrogens with one attached hydrogen (secondary N) is 1. The summed E-state index contributed by atoms with van der Waals surface area (Å²) in [6.45, 7) is 0.572. The molecule has 3 nitrogen and oxygen atoms in total. The van der Waals surface area contributed by atoms with Crippen LogP contribution in [0.1, 0.15) is 11.1 Å². The fraction of sp³-hybridized carbons (Fsp3) is 0.235. The summed E-state index contributed by atoms with van der Waals surface area (Å²) >= 11 is 5.83. The maximum Gasteiger partial charge on any atom is 0.237 e. The molecule has 0 radical (unpaired) electrons. The summed E-state index contributed by atoms with van der Waals surface area (Å²) in [5.41, 5.74) is 8.12. The van der Waals surface area contributed by atoms with Crippen molar-refractivity contribution >= 4 is 17.5 Å². The van der Waals surface area contributed by atoms with Gasteiger partial charge in [-0.25, -0.2) is 0 Å². The van der Waals surface area contributed by atoms with Gasteiger partial charge in [0.25, 0.3) is 0 Å². The third-order valence-corrected chi connectivity index (χ3v) is 3.51. The summed E-state index contributed by atoms with van der Waals surface area (Å²) in [5.74, 6) is -0.118. The second-order valence-electron chi connectivity index (χ2n) is 4.96. The molecule has 1 atom stereocenters. The van der Waals surface area contributed by atoms with E-state index in [2.05, 4.69) is 5.32 Å². The van der Waals surface area contributed by atoms with Crippen LogP contribution >= 0.6 is 11.6 Å². The Bertz CT molecular complexity index is 569. The highest BCUT2D eigenvalue weighted by molar-refractivity contribution is 6.30. The first-order valence-corrected chi connectivity index (χ1v) is 7.34. The lowest BCUT2D eigenvalue weighted by Crippen LogP contribution is -2.42. The minimum Gasteiger partial charge on any atom is -0.354 e. The predicted molar refractivity (Wildman–Crippen MR) is 86.3 cm³/mol. The lowest BCUT2D eigenvalue weighted by Gasteiger charge is -2.12. The fourth-order valence-electron chi connectivity index (χ4n) is 2.07. The summed E-state index contributed by atoms with van der Waals surface area (Å²) in [5, 5.41) is 3.58. The minimum absolute atomic E-state index is 0.118. The quantitative estimate of drug-likeness (QED) is 0.861. The van der Waals surface area contributed by atoms with Gasteiger partial charge in [-0.3, -0.25) is 4.79 Å². The second-order valence-corrected chi connectivity index (χ2v) is 5.40. The number of benzene rings is 2. The average Bonchev–Trinajstić information content (AvgIpc) is 2.50. The van der Waals surface area contributed by atoms with Gasteiger partial charge in [-0.2, -0.15) is 0 Å². The Kier molecular flexibility index (Phi) is 5.78. The Balaban J connectivity index is 1.75. The molecule has 1 amide bonds.